The number of nitrogens with zero attached hydrogens (tertiary/aromatic N) is 6. The second kappa shape index (κ2) is 9.16. The lowest BCUT2D eigenvalue weighted by molar-refractivity contribution is 0.606. The van der Waals surface area contributed by atoms with E-state index in [0.29, 0.717) is 17.7 Å². The van der Waals surface area contributed by atoms with E-state index in [2.05, 4.69) is 61.5 Å². The van der Waals surface area contributed by atoms with Gasteiger partial charge in [-0.25, -0.2) is 24.9 Å². The fourth-order valence-corrected chi connectivity index (χ4v) is 5.40. The van der Waals surface area contributed by atoms with Crippen LogP contribution < -0.4 is 11.5 Å². The zero-order valence-electron chi connectivity index (χ0n) is 18.6. The standard InChI is InChI=1S/C18H17N5S.C6H5N3S/c1-11(2)23-10-22-15(12-6-4-3-5-7-12)16(23)14-8-13-17(19)20-9-21-18(13)24-14;7-5-4-1-2-10-6(4)9-3-8-5/h3-11H,1-2H3,(H2,19,20,21);1-3H,(H2,7,8,9). The lowest BCUT2D eigenvalue weighted by Gasteiger charge is -2.12. The smallest absolute Gasteiger partial charge is 0.135 e. The van der Waals surface area contributed by atoms with E-state index in [0.717, 1.165) is 42.3 Å². The van der Waals surface area contributed by atoms with Crippen molar-refractivity contribution in [2.45, 2.75) is 19.9 Å². The first kappa shape index (κ1) is 21.9. The maximum Gasteiger partial charge on any atom is 0.135 e. The molecule has 0 spiro atoms. The van der Waals surface area contributed by atoms with E-state index in [4.69, 9.17) is 11.5 Å². The second-order valence-corrected chi connectivity index (χ2v) is 9.72. The van der Waals surface area contributed by atoms with Gasteiger partial charge < -0.3 is 16.0 Å². The van der Waals surface area contributed by atoms with E-state index in [1.54, 1.807) is 22.7 Å². The highest BCUT2D eigenvalue weighted by Crippen LogP contribution is 2.39. The van der Waals surface area contributed by atoms with Gasteiger partial charge in [0.2, 0.25) is 0 Å². The zero-order chi connectivity index (χ0) is 23.7. The Morgan fingerprint density at radius 1 is 0.824 bits per heavy atom. The zero-order valence-corrected chi connectivity index (χ0v) is 20.2. The van der Waals surface area contributed by atoms with Crippen molar-refractivity contribution in [2.75, 3.05) is 11.5 Å². The molecule has 0 unspecified atom stereocenters. The van der Waals surface area contributed by atoms with Crippen molar-refractivity contribution in [1.82, 2.24) is 29.5 Å². The summed E-state index contributed by atoms with van der Waals surface area (Å²) in [7, 11) is 0. The van der Waals surface area contributed by atoms with Gasteiger partial charge in [0.1, 0.15) is 34.0 Å². The number of rotatable bonds is 3. The molecule has 0 amide bonds. The van der Waals surface area contributed by atoms with Crippen LogP contribution in [0.3, 0.4) is 0 Å². The van der Waals surface area contributed by atoms with Gasteiger partial charge in [-0.3, -0.25) is 0 Å². The molecule has 5 aromatic heterocycles. The molecule has 5 heterocycles. The lowest BCUT2D eigenvalue weighted by atomic mass is 10.1. The van der Waals surface area contributed by atoms with Crippen LogP contribution >= 0.6 is 22.7 Å². The molecule has 170 valence electrons. The first-order valence-electron chi connectivity index (χ1n) is 10.6. The predicted molar refractivity (Wildman–Crippen MR) is 141 cm³/mol. The maximum atomic E-state index is 6.00. The summed E-state index contributed by atoms with van der Waals surface area (Å²) in [4.78, 5) is 23.9. The predicted octanol–water partition coefficient (Wildman–Crippen LogP) is 5.66. The van der Waals surface area contributed by atoms with Crippen LogP contribution in [0.25, 0.3) is 42.3 Å². The SMILES string of the molecule is CC(C)n1cnc(-c2ccccc2)c1-c1cc2c(N)ncnc2s1.Nc1ncnc2sccc12. The van der Waals surface area contributed by atoms with Crippen LogP contribution in [0, 0.1) is 0 Å². The van der Waals surface area contributed by atoms with Crippen LogP contribution in [0.2, 0.25) is 0 Å². The highest BCUT2D eigenvalue weighted by Gasteiger charge is 2.19. The highest BCUT2D eigenvalue weighted by molar-refractivity contribution is 7.22. The Morgan fingerprint density at radius 3 is 2.21 bits per heavy atom. The number of benzene rings is 1. The number of hydrogen-bond donors (Lipinski definition) is 2. The van der Waals surface area contributed by atoms with E-state index in [1.165, 1.54) is 12.7 Å². The average molecular weight is 487 g/mol. The quantitative estimate of drug-likeness (QED) is 0.331. The molecule has 0 saturated heterocycles. The van der Waals surface area contributed by atoms with Crippen LogP contribution in [0.1, 0.15) is 19.9 Å². The molecule has 6 aromatic rings. The largest absolute Gasteiger partial charge is 0.383 e. The molecule has 0 bridgehead atoms. The van der Waals surface area contributed by atoms with Crippen LogP contribution in [0.5, 0.6) is 0 Å². The van der Waals surface area contributed by atoms with Crippen molar-refractivity contribution in [1.29, 1.82) is 0 Å². The number of fused-ring (bicyclic) bond motifs is 2. The van der Waals surface area contributed by atoms with Crippen molar-refractivity contribution in [2.24, 2.45) is 0 Å². The van der Waals surface area contributed by atoms with E-state index in [-0.39, 0.29) is 0 Å². The molecular formula is C24H22N8S2. The van der Waals surface area contributed by atoms with Crippen molar-refractivity contribution in [3.05, 3.63) is 66.8 Å². The van der Waals surface area contributed by atoms with Crippen LogP contribution in [-0.4, -0.2) is 29.5 Å². The molecule has 0 radical (unpaired) electrons. The van der Waals surface area contributed by atoms with Gasteiger partial charge in [0.15, 0.2) is 0 Å². The molecular weight excluding hydrogens is 464 g/mol. The molecule has 0 fully saturated rings. The monoisotopic (exact) mass is 486 g/mol. The highest BCUT2D eigenvalue weighted by atomic mass is 32.1. The molecule has 0 aliphatic rings. The van der Waals surface area contributed by atoms with Crippen LogP contribution in [0.15, 0.2) is 66.8 Å². The van der Waals surface area contributed by atoms with Crippen LogP contribution in [-0.2, 0) is 0 Å². The normalized spacial score (nSPS) is 11.1. The summed E-state index contributed by atoms with van der Waals surface area (Å²) in [6.07, 6.45) is 4.89. The third kappa shape index (κ3) is 4.09. The van der Waals surface area contributed by atoms with E-state index in [1.807, 2.05) is 36.0 Å². The fraction of sp³-hybridized carbons (Fsp3) is 0.125. The fourth-order valence-electron chi connectivity index (χ4n) is 3.60. The summed E-state index contributed by atoms with van der Waals surface area (Å²) in [5.74, 6) is 1.07. The third-order valence-corrected chi connectivity index (χ3v) is 7.15. The number of aromatic nitrogens is 6. The summed E-state index contributed by atoms with van der Waals surface area (Å²) >= 11 is 3.19. The minimum Gasteiger partial charge on any atom is -0.383 e. The first-order chi connectivity index (χ1) is 16.5. The lowest BCUT2D eigenvalue weighted by Crippen LogP contribution is -2.00. The van der Waals surface area contributed by atoms with E-state index < -0.39 is 0 Å². The molecule has 8 nitrogen and oxygen atoms in total. The Balaban J connectivity index is 0.000000200. The number of hydrogen-bond acceptors (Lipinski definition) is 9. The van der Waals surface area contributed by atoms with Gasteiger partial charge in [0, 0.05) is 11.6 Å². The van der Waals surface area contributed by atoms with Gasteiger partial charge in [-0.1, -0.05) is 30.3 Å². The number of thiophene rings is 2. The third-order valence-electron chi connectivity index (χ3n) is 5.28. The van der Waals surface area contributed by atoms with Gasteiger partial charge in [0.25, 0.3) is 0 Å². The average Bonchev–Trinajstić information content (AvgIpc) is 3.58. The van der Waals surface area contributed by atoms with Crippen molar-refractivity contribution in [3.63, 3.8) is 0 Å². The summed E-state index contributed by atoms with van der Waals surface area (Å²) < 4.78 is 2.19. The van der Waals surface area contributed by atoms with E-state index in [9.17, 15) is 0 Å². The summed E-state index contributed by atoms with van der Waals surface area (Å²) in [5, 5.41) is 3.80. The first-order valence-corrected chi connectivity index (χ1v) is 12.3. The van der Waals surface area contributed by atoms with Gasteiger partial charge in [-0.15, -0.1) is 22.7 Å². The number of nitrogen functional groups attached to an aromatic ring is 2. The van der Waals surface area contributed by atoms with Gasteiger partial charge in [-0.05, 0) is 31.4 Å². The summed E-state index contributed by atoms with van der Waals surface area (Å²) in [5.41, 5.74) is 14.7. The van der Waals surface area contributed by atoms with Crippen molar-refractivity contribution >= 4 is 54.7 Å². The second-order valence-electron chi connectivity index (χ2n) is 7.80. The summed E-state index contributed by atoms with van der Waals surface area (Å²) in [6.45, 7) is 4.31. The molecule has 4 N–H and O–H groups in total. The van der Waals surface area contributed by atoms with Crippen molar-refractivity contribution < 1.29 is 0 Å². The van der Waals surface area contributed by atoms with E-state index >= 15 is 0 Å². The Labute approximate surface area is 204 Å². The molecule has 6 rings (SSSR count). The Bertz CT molecular complexity index is 1570. The molecule has 10 heteroatoms. The topological polar surface area (TPSA) is 121 Å². The molecule has 0 saturated carbocycles. The minimum absolute atomic E-state index is 0.304. The van der Waals surface area contributed by atoms with Gasteiger partial charge in [-0.2, -0.15) is 0 Å². The van der Waals surface area contributed by atoms with Gasteiger partial charge in [0.05, 0.1) is 33.4 Å². The molecule has 0 aliphatic carbocycles. The Kier molecular flexibility index (Phi) is 5.91. The minimum atomic E-state index is 0.304. The summed E-state index contributed by atoms with van der Waals surface area (Å²) in [6, 6.07) is 14.5. The van der Waals surface area contributed by atoms with Crippen LogP contribution in [0.4, 0.5) is 11.6 Å². The van der Waals surface area contributed by atoms with Crippen molar-refractivity contribution in [3.8, 4) is 21.8 Å². The molecule has 34 heavy (non-hydrogen) atoms. The molecule has 1 aromatic carbocycles. The number of imidazole rings is 1. The maximum absolute atomic E-state index is 6.00. The molecule has 0 aliphatic heterocycles. The Hall–Kier alpha value is -3.89. The number of anilines is 2. The molecule has 0 atom stereocenters. The Morgan fingerprint density at radius 2 is 1.53 bits per heavy atom. The number of nitrogens with two attached hydrogens (primary N) is 2. The van der Waals surface area contributed by atoms with Gasteiger partial charge >= 0.3 is 0 Å².